The number of aryl methyl sites for hydroxylation is 2. The summed E-state index contributed by atoms with van der Waals surface area (Å²) in [6, 6.07) is 12.7. The molecule has 0 N–H and O–H groups in total. The Morgan fingerprint density at radius 1 is 0.426 bits per heavy atom. The van der Waals surface area contributed by atoms with E-state index in [1.165, 1.54) is 171 Å². The van der Waals surface area contributed by atoms with Crippen LogP contribution in [0.1, 0.15) is 173 Å². The Morgan fingerprint density at radius 3 is 1.06 bits per heavy atom. The fraction of sp³-hybridized carbons (Fsp3) is 0.565. The van der Waals surface area contributed by atoms with E-state index in [-0.39, 0.29) is 0 Å². The first-order chi connectivity index (χ1) is 26.4. The van der Waals surface area contributed by atoms with Crippen LogP contribution in [0, 0.1) is 0 Å². The summed E-state index contributed by atoms with van der Waals surface area (Å²) in [6.07, 6.45) is 29.1. The van der Waals surface area contributed by atoms with Gasteiger partial charge < -0.3 is 9.47 Å². The molecule has 0 aliphatic carbocycles. The summed E-state index contributed by atoms with van der Waals surface area (Å²) in [4.78, 5) is 31.4. The normalized spacial score (nSPS) is 11.6. The summed E-state index contributed by atoms with van der Waals surface area (Å²) in [7, 11) is 2.84. The molecule has 0 spiro atoms. The molecule has 4 aromatic heterocycles. The largest absolute Gasteiger partial charge is 0.465 e. The highest BCUT2D eigenvalue weighted by molar-refractivity contribution is 7.30. The Balaban J connectivity index is 1.23. The average molecular weight is 807 g/mol. The minimum absolute atomic E-state index is 0.404. The average Bonchev–Trinajstić information content (AvgIpc) is 3.96. The second-order valence-electron chi connectivity index (χ2n) is 14.9. The summed E-state index contributed by atoms with van der Waals surface area (Å²) in [6.45, 7) is 4.55. The summed E-state index contributed by atoms with van der Waals surface area (Å²) < 4.78 is 15.5. The minimum atomic E-state index is -0.404. The molecule has 0 unspecified atom stereocenters. The van der Waals surface area contributed by atoms with E-state index in [1.807, 2.05) is 34.8 Å². The molecule has 5 rings (SSSR count). The highest BCUT2D eigenvalue weighted by atomic mass is 32.1. The van der Waals surface area contributed by atoms with Crippen LogP contribution < -0.4 is 0 Å². The zero-order valence-electron chi connectivity index (χ0n) is 33.3. The number of unbranched alkanes of at least 4 members (excludes halogenated alkanes) is 18. The smallest absolute Gasteiger partial charge is 0.338 e. The molecule has 8 heteroatoms. The van der Waals surface area contributed by atoms with Crippen LogP contribution in [0.25, 0.3) is 39.7 Å². The highest BCUT2D eigenvalue weighted by Gasteiger charge is 2.25. The first kappa shape index (κ1) is 42.6. The van der Waals surface area contributed by atoms with E-state index in [9.17, 15) is 9.59 Å². The lowest BCUT2D eigenvalue weighted by atomic mass is 9.96. The van der Waals surface area contributed by atoms with Crippen molar-refractivity contribution in [2.75, 3.05) is 14.2 Å². The zero-order chi connectivity index (χ0) is 38.1. The molecule has 0 aliphatic heterocycles. The molecule has 294 valence electrons. The van der Waals surface area contributed by atoms with E-state index < -0.39 is 11.9 Å². The van der Waals surface area contributed by atoms with Gasteiger partial charge in [0.25, 0.3) is 0 Å². The van der Waals surface area contributed by atoms with E-state index in [2.05, 4.69) is 38.1 Å². The molecule has 0 amide bonds. The minimum Gasteiger partial charge on any atom is -0.465 e. The lowest BCUT2D eigenvalue weighted by Gasteiger charge is -2.13. The molecule has 0 atom stereocenters. The Kier molecular flexibility index (Phi) is 18.1. The van der Waals surface area contributed by atoms with Gasteiger partial charge in [0.05, 0.1) is 25.3 Å². The van der Waals surface area contributed by atoms with Crippen molar-refractivity contribution in [3.63, 3.8) is 0 Å². The van der Waals surface area contributed by atoms with Crippen molar-refractivity contribution >= 4 is 76.1 Å². The van der Waals surface area contributed by atoms with Crippen molar-refractivity contribution in [1.82, 2.24) is 0 Å². The number of carbonyl (C=O) groups excluding carboxylic acids is 2. The predicted octanol–water partition coefficient (Wildman–Crippen LogP) is 16.1. The summed E-state index contributed by atoms with van der Waals surface area (Å²) in [5.41, 5.74) is 2.37. The number of carbonyl (C=O) groups is 2. The fourth-order valence-electron chi connectivity index (χ4n) is 7.42. The summed E-state index contributed by atoms with van der Waals surface area (Å²) >= 11 is 7.05. The monoisotopic (exact) mass is 806 g/mol. The van der Waals surface area contributed by atoms with Crippen LogP contribution in [0.5, 0.6) is 0 Å². The third kappa shape index (κ3) is 12.2. The van der Waals surface area contributed by atoms with Crippen LogP contribution in [0.15, 0.2) is 36.4 Å². The number of methoxy groups -OCH3 is 2. The second kappa shape index (κ2) is 22.9. The highest BCUT2D eigenvalue weighted by Crippen LogP contribution is 2.45. The fourth-order valence-corrected chi connectivity index (χ4v) is 12.4. The Hall–Kier alpha value is -2.52. The van der Waals surface area contributed by atoms with Crippen LogP contribution in [0.2, 0.25) is 0 Å². The van der Waals surface area contributed by atoms with Gasteiger partial charge in [0.15, 0.2) is 0 Å². The van der Waals surface area contributed by atoms with Crippen LogP contribution >= 0.6 is 45.3 Å². The molecule has 0 bridgehead atoms. The molecular weight excluding hydrogens is 745 g/mol. The van der Waals surface area contributed by atoms with Gasteiger partial charge in [0.2, 0.25) is 0 Å². The Morgan fingerprint density at radius 2 is 0.741 bits per heavy atom. The third-order valence-electron chi connectivity index (χ3n) is 10.6. The molecule has 0 radical (unpaired) electrons. The molecule has 0 saturated carbocycles. The van der Waals surface area contributed by atoms with Crippen LogP contribution in [-0.4, -0.2) is 26.2 Å². The summed E-state index contributed by atoms with van der Waals surface area (Å²) in [5, 5.41) is 0. The molecule has 0 fully saturated rings. The quantitative estimate of drug-likeness (QED) is 0.0412. The van der Waals surface area contributed by atoms with E-state index in [0.29, 0.717) is 22.3 Å². The van der Waals surface area contributed by atoms with Crippen LogP contribution in [0.4, 0.5) is 0 Å². The van der Waals surface area contributed by atoms with Crippen molar-refractivity contribution in [2.24, 2.45) is 0 Å². The lowest BCUT2D eigenvalue weighted by molar-refractivity contribution is 0.0588. The molecule has 0 saturated heterocycles. The number of benzene rings is 1. The SMILES string of the molecule is CCCCCCCCCCCCc1cc2sc(-c3cc(C(=O)OC)c(-c4cc5sc(CCCCCCCCCCCC)cc5s4)cc3C(=O)OC)cc2s1. The van der Waals surface area contributed by atoms with E-state index in [4.69, 9.17) is 9.47 Å². The van der Waals surface area contributed by atoms with E-state index in [1.54, 1.807) is 22.7 Å². The number of hydrogen-bond donors (Lipinski definition) is 0. The van der Waals surface area contributed by atoms with Crippen molar-refractivity contribution in [3.05, 3.63) is 57.3 Å². The molecule has 0 aliphatic rings. The lowest BCUT2D eigenvalue weighted by Crippen LogP contribution is -2.09. The standard InChI is InChI=1S/C46H62O4S4/c1-5-7-9-11-13-15-17-19-21-23-25-33-27-41-43(51-33)31-39(53-41)35-29-38(46(48)50-4)36(30-37(35)45(47)49-3)40-32-44-42(54-40)28-34(52-44)26-24-22-20-18-16-14-12-10-8-6-2/h27-32H,5-26H2,1-4H3. The van der Waals surface area contributed by atoms with Crippen LogP contribution in [-0.2, 0) is 22.3 Å². The van der Waals surface area contributed by atoms with Crippen molar-refractivity contribution in [1.29, 1.82) is 0 Å². The van der Waals surface area contributed by atoms with E-state index in [0.717, 1.165) is 22.6 Å². The molecule has 4 nitrogen and oxygen atoms in total. The van der Waals surface area contributed by atoms with Gasteiger partial charge in [-0.3, -0.25) is 0 Å². The maximum Gasteiger partial charge on any atom is 0.338 e. The number of thiophene rings is 4. The first-order valence-corrected chi connectivity index (χ1v) is 24.1. The van der Waals surface area contributed by atoms with Crippen LogP contribution in [0.3, 0.4) is 0 Å². The van der Waals surface area contributed by atoms with Crippen molar-refractivity contribution in [2.45, 2.75) is 155 Å². The number of rotatable bonds is 26. The van der Waals surface area contributed by atoms with Crippen molar-refractivity contribution < 1.29 is 19.1 Å². The summed E-state index contributed by atoms with van der Waals surface area (Å²) in [5.74, 6) is -0.809. The maximum absolute atomic E-state index is 13.3. The maximum atomic E-state index is 13.3. The van der Waals surface area contributed by atoms with Gasteiger partial charge in [-0.1, -0.05) is 129 Å². The van der Waals surface area contributed by atoms with Gasteiger partial charge in [0.1, 0.15) is 0 Å². The van der Waals surface area contributed by atoms with Gasteiger partial charge in [-0.05, 0) is 62.1 Å². The molecular formula is C46H62O4S4. The number of fused-ring (bicyclic) bond motifs is 2. The topological polar surface area (TPSA) is 52.6 Å². The molecule has 5 aromatic rings. The predicted molar refractivity (Wildman–Crippen MR) is 238 cm³/mol. The van der Waals surface area contributed by atoms with Crippen molar-refractivity contribution in [3.8, 4) is 20.9 Å². The van der Waals surface area contributed by atoms with Gasteiger partial charge >= 0.3 is 11.9 Å². The molecule has 54 heavy (non-hydrogen) atoms. The third-order valence-corrected chi connectivity index (χ3v) is 15.3. The Bertz CT molecular complexity index is 1690. The van der Waals surface area contributed by atoms with E-state index >= 15 is 0 Å². The number of ether oxygens (including phenoxy) is 2. The van der Waals surface area contributed by atoms with Gasteiger partial charge in [0, 0.05) is 49.4 Å². The van der Waals surface area contributed by atoms with Gasteiger partial charge in [-0.2, -0.15) is 0 Å². The number of hydrogen-bond acceptors (Lipinski definition) is 8. The first-order valence-electron chi connectivity index (χ1n) is 20.9. The zero-order valence-corrected chi connectivity index (χ0v) is 36.6. The molecule has 1 aromatic carbocycles. The van der Waals surface area contributed by atoms with Gasteiger partial charge in [-0.25, -0.2) is 9.59 Å². The van der Waals surface area contributed by atoms with Gasteiger partial charge in [-0.15, -0.1) is 45.3 Å². The second-order valence-corrected chi connectivity index (χ2v) is 19.4. The molecule has 4 heterocycles. The Labute approximate surface area is 340 Å². The number of esters is 2.